The molecule has 1 aromatic carbocycles. The quantitative estimate of drug-likeness (QED) is 0.235. The molecule has 0 bridgehead atoms. The van der Waals surface area contributed by atoms with Crippen molar-refractivity contribution in [3.63, 3.8) is 0 Å². The first-order valence-corrected chi connectivity index (χ1v) is 10.7. The lowest BCUT2D eigenvalue weighted by Gasteiger charge is -2.32. The number of alkyl halides is 6. The van der Waals surface area contributed by atoms with Gasteiger partial charge in [-0.2, -0.15) is 26.3 Å². The molecule has 3 aromatic rings. The molecular formula is C22H17F6N3O4. The molecule has 5 rings (SSSR count). The number of nitrogens with zero attached hydrogens (tertiary/aromatic N) is 3. The van der Waals surface area contributed by atoms with Gasteiger partial charge in [0.15, 0.2) is 12.0 Å². The summed E-state index contributed by atoms with van der Waals surface area (Å²) >= 11 is 0. The Labute approximate surface area is 193 Å². The van der Waals surface area contributed by atoms with Crippen LogP contribution in [0.5, 0.6) is 0 Å². The van der Waals surface area contributed by atoms with Gasteiger partial charge in [-0.3, -0.25) is 15.0 Å². The van der Waals surface area contributed by atoms with E-state index in [9.17, 15) is 36.5 Å². The standard InChI is InChI=1S/C22H17F6N3O4/c23-21(24,25)13-5-3-4-11-12(10-16(22(26,27)28)29-18(11)13)19-14-6-1-2-9-30(14)20(35-19)15-7-8-17(34-15)31(32)33/h3-5,7-8,10,14,19-20H,1-2,6,9H2/t14-,19+,20?/m1/s1. The van der Waals surface area contributed by atoms with Crippen LogP contribution in [0, 0.1) is 10.1 Å². The van der Waals surface area contributed by atoms with Gasteiger partial charge >= 0.3 is 18.2 Å². The van der Waals surface area contributed by atoms with Crippen LogP contribution in [0.2, 0.25) is 0 Å². The van der Waals surface area contributed by atoms with Gasteiger partial charge in [0.05, 0.1) is 17.1 Å². The number of fused-ring (bicyclic) bond motifs is 2. The third kappa shape index (κ3) is 4.12. The zero-order chi connectivity index (χ0) is 25.1. The van der Waals surface area contributed by atoms with Crippen molar-refractivity contribution in [3.8, 4) is 0 Å². The Morgan fingerprint density at radius 3 is 2.49 bits per heavy atom. The summed E-state index contributed by atoms with van der Waals surface area (Å²) < 4.78 is 93.4. The van der Waals surface area contributed by atoms with Crippen molar-refractivity contribution in [2.45, 2.75) is 50.0 Å². The van der Waals surface area contributed by atoms with Gasteiger partial charge in [-0.15, -0.1) is 0 Å². The van der Waals surface area contributed by atoms with Gasteiger partial charge in [-0.1, -0.05) is 18.6 Å². The maximum absolute atomic E-state index is 13.7. The second kappa shape index (κ2) is 8.19. The van der Waals surface area contributed by atoms with Gasteiger partial charge in [0, 0.05) is 18.0 Å². The van der Waals surface area contributed by atoms with Crippen molar-refractivity contribution in [2.75, 3.05) is 6.54 Å². The van der Waals surface area contributed by atoms with Crippen LogP contribution >= 0.6 is 0 Å². The van der Waals surface area contributed by atoms with Crippen LogP contribution in [0.15, 0.2) is 40.8 Å². The van der Waals surface area contributed by atoms with Crippen molar-refractivity contribution in [2.24, 2.45) is 0 Å². The zero-order valence-corrected chi connectivity index (χ0v) is 17.8. The lowest BCUT2D eigenvalue weighted by molar-refractivity contribution is -0.402. The molecule has 2 aliphatic rings. The Morgan fingerprint density at radius 2 is 1.83 bits per heavy atom. The van der Waals surface area contributed by atoms with E-state index < -0.39 is 58.3 Å². The fraction of sp³-hybridized carbons (Fsp3) is 0.409. The van der Waals surface area contributed by atoms with E-state index in [0.29, 0.717) is 19.0 Å². The van der Waals surface area contributed by atoms with Crippen LogP contribution < -0.4 is 0 Å². The zero-order valence-electron chi connectivity index (χ0n) is 17.8. The highest BCUT2D eigenvalue weighted by atomic mass is 19.4. The fourth-order valence-electron chi connectivity index (χ4n) is 4.87. The smallest absolute Gasteiger partial charge is 0.402 e. The van der Waals surface area contributed by atoms with Gasteiger partial charge in [-0.25, -0.2) is 4.98 Å². The Kier molecular flexibility index (Phi) is 5.51. The number of piperidine rings is 1. The summed E-state index contributed by atoms with van der Waals surface area (Å²) in [6, 6.07) is 5.84. The minimum absolute atomic E-state index is 0.0751. The molecule has 0 amide bonds. The molecule has 0 aliphatic carbocycles. The summed E-state index contributed by atoms with van der Waals surface area (Å²) in [5.41, 5.74) is -3.62. The van der Waals surface area contributed by atoms with Crippen LogP contribution in [-0.4, -0.2) is 27.4 Å². The largest absolute Gasteiger partial charge is 0.433 e. The average Bonchev–Trinajstić information content (AvgIpc) is 3.42. The van der Waals surface area contributed by atoms with Crippen LogP contribution in [0.4, 0.5) is 32.2 Å². The normalized spacial score (nSPS) is 23.5. The third-order valence-corrected chi connectivity index (χ3v) is 6.33. The molecule has 1 unspecified atom stereocenters. The summed E-state index contributed by atoms with van der Waals surface area (Å²) in [4.78, 5) is 15.5. The van der Waals surface area contributed by atoms with E-state index in [0.717, 1.165) is 31.0 Å². The summed E-state index contributed by atoms with van der Waals surface area (Å²) in [5, 5.41) is 10.9. The first kappa shape index (κ1) is 23.5. The van der Waals surface area contributed by atoms with E-state index in [1.54, 1.807) is 0 Å². The topological polar surface area (TPSA) is 81.6 Å². The number of furan rings is 1. The van der Waals surface area contributed by atoms with Gasteiger partial charge in [0.25, 0.3) is 0 Å². The van der Waals surface area contributed by atoms with Crippen LogP contribution in [-0.2, 0) is 17.1 Å². The first-order chi connectivity index (χ1) is 16.4. The molecule has 4 heterocycles. The van der Waals surface area contributed by atoms with Crippen molar-refractivity contribution in [1.82, 2.24) is 9.88 Å². The van der Waals surface area contributed by atoms with Gasteiger partial charge in [0.1, 0.15) is 16.7 Å². The second-order valence-electron chi connectivity index (χ2n) is 8.44. The highest BCUT2D eigenvalue weighted by Crippen LogP contribution is 2.49. The summed E-state index contributed by atoms with van der Waals surface area (Å²) in [5.74, 6) is -0.430. The summed E-state index contributed by atoms with van der Waals surface area (Å²) in [6.07, 6.45) is -9.91. The minimum Gasteiger partial charge on any atom is -0.402 e. The Balaban J connectivity index is 1.67. The third-order valence-electron chi connectivity index (χ3n) is 6.33. The van der Waals surface area contributed by atoms with Crippen molar-refractivity contribution in [3.05, 3.63) is 69.1 Å². The first-order valence-electron chi connectivity index (χ1n) is 10.7. The van der Waals surface area contributed by atoms with Crippen LogP contribution in [0.25, 0.3) is 10.9 Å². The molecule has 13 heteroatoms. The van der Waals surface area contributed by atoms with E-state index >= 15 is 0 Å². The predicted octanol–water partition coefficient (Wildman–Crippen LogP) is 6.40. The lowest BCUT2D eigenvalue weighted by Crippen LogP contribution is -2.37. The van der Waals surface area contributed by atoms with E-state index in [2.05, 4.69) is 4.98 Å². The highest BCUT2D eigenvalue weighted by Gasteiger charge is 2.48. The minimum atomic E-state index is -4.99. The van der Waals surface area contributed by atoms with Crippen molar-refractivity contribution in [1.29, 1.82) is 0 Å². The van der Waals surface area contributed by atoms with Crippen LogP contribution in [0.1, 0.15) is 54.2 Å². The number of nitro groups is 1. The Morgan fingerprint density at radius 1 is 1.06 bits per heavy atom. The number of pyridine rings is 1. The Hall–Kier alpha value is -3.19. The Bertz CT molecular complexity index is 1290. The number of benzene rings is 1. The molecule has 3 atom stereocenters. The highest BCUT2D eigenvalue weighted by molar-refractivity contribution is 5.86. The molecular weight excluding hydrogens is 484 g/mol. The van der Waals surface area contributed by atoms with Gasteiger partial charge in [-0.05, 0) is 36.6 Å². The van der Waals surface area contributed by atoms with E-state index in [1.165, 1.54) is 12.1 Å². The maximum atomic E-state index is 13.7. The maximum Gasteiger partial charge on any atom is 0.433 e. The molecule has 2 fully saturated rings. The number of ether oxygens (including phenoxy) is 1. The summed E-state index contributed by atoms with van der Waals surface area (Å²) in [7, 11) is 0. The van der Waals surface area contributed by atoms with Crippen LogP contribution in [0.3, 0.4) is 0 Å². The SMILES string of the molecule is O=[N+]([O-])c1ccc(C2O[C@@H](c3cc(C(F)(F)F)nc4c(C(F)(F)F)cccc34)[C@H]3CCCCN23)o1. The molecule has 186 valence electrons. The number of hydrogen-bond donors (Lipinski definition) is 0. The van der Waals surface area contributed by atoms with Gasteiger partial charge in [0.2, 0.25) is 0 Å². The van der Waals surface area contributed by atoms with Crippen molar-refractivity contribution < 1.29 is 40.4 Å². The number of rotatable bonds is 3. The molecule has 0 saturated carbocycles. The molecule has 0 spiro atoms. The van der Waals surface area contributed by atoms with Crippen molar-refractivity contribution >= 4 is 16.8 Å². The molecule has 0 radical (unpaired) electrons. The fourth-order valence-corrected chi connectivity index (χ4v) is 4.87. The monoisotopic (exact) mass is 501 g/mol. The predicted molar refractivity (Wildman–Crippen MR) is 108 cm³/mol. The van der Waals surface area contributed by atoms with E-state index in [1.807, 2.05) is 4.90 Å². The summed E-state index contributed by atoms with van der Waals surface area (Å²) in [6.45, 7) is 0.475. The number of halogens is 6. The molecule has 2 aromatic heterocycles. The lowest BCUT2D eigenvalue weighted by atomic mass is 9.91. The average molecular weight is 501 g/mol. The molecule has 7 nitrogen and oxygen atoms in total. The molecule has 0 N–H and O–H groups in total. The number of aromatic nitrogens is 1. The molecule has 2 saturated heterocycles. The second-order valence-corrected chi connectivity index (χ2v) is 8.44. The van der Waals surface area contributed by atoms with E-state index in [-0.39, 0.29) is 16.7 Å². The molecule has 2 aliphatic heterocycles. The molecule has 35 heavy (non-hydrogen) atoms. The van der Waals surface area contributed by atoms with Gasteiger partial charge < -0.3 is 9.15 Å². The number of para-hydroxylation sites is 1. The van der Waals surface area contributed by atoms with E-state index in [4.69, 9.17) is 9.15 Å². The number of hydrogen-bond acceptors (Lipinski definition) is 6.